The number of rotatable bonds is 0. The Morgan fingerprint density at radius 2 is 0.857 bits per heavy atom. The molecule has 0 fully saturated rings. The molecule has 1 aliphatic carbocycles. The normalized spacial score (nSPS) is 12.5. The molecule has 0 unspecified atom stereocenters. The van der Waals surface area contributed by atoms with Crippen molar-refractivity contribution in [3.8, 4) is 0 Å². The Morgan fingerprint density at radius 3 is 1.19 bits per heavy atom. The van der Waals surface area contributed by atoms with E-state index in [4.69, 9.17) is 0 Å². The fourth-order valence-corrected chi connectivity index (χ4v) is 3.88. The van der Waals surface area contributed by atoms with Crippen molar-refractivity contribution in [1.29, 1.82) is 0 Å². The van der Waals surface area contributed by atoms with Gasteiger partial charge in [-0.3, -0.25) is 0 Å². The quantitative estimate of drug-likeness (QED) is 0.589. The van der Waals surface area contributed by atoms with Gasteiger partial charge in [-0.25, -0.2) is 0 Å². The summed E-state index contributed by atoms with van der Waals surface area (Å²) in [4.78, 5) is 0. The van der Waals surface area contributed by atoms with E-state index in [1.807, 2.05) is 0 Å². The summed E-state index contributed by atoms with van der Waals surface area (Å²) in [5.74, 6) is 0. The maximum absolute atomic E-state index is 4.29. The summed E-state index contributed by atoms with van der Waals surface area (Å²) in [6.07, 6.45) is 1.04. The van der Waals surface area contributed by atoms with E-state index in [0.717, 1.165) is 6.42 Å². The Labute approximate surface area is 127 Å². The highest BCUT2D eigenvalue weighted by Crippen LogP contribution is 2.29. The molecule has 0 N–H and O–H groups in total. The Bertz CT molecular complexity index is 849. The van der Waals surface area contributed by atoms with Gasteiger partial charge < -0.3 is 0 Å². The monoisotopic (exact) mass is 276 g/mol. The predicted octanol–water partition coefficient (Wildman–Crippen LogP) is 3.55. The zero-order valence-electron chi connectivity index (χ0n) is 14.1. The van der Waals surface area contributed by atoms with Gasteiger partial charge in [0.15, 0.2) is 0 Å². The van der Waals surface area contributed by atoms with Gasteiger partial charge in [0, 0.05) is 0 Å². The van der Waals surface area contributed by atoms with Crippen LogP contribution in [-0.2, 0) is 6.42 Å². The average molecular weight is 276 g/mol. The van der Waals surface area contributed by atoms with Crippen molar-refractivity contribution in [1.82, 2.24) is 0 Å². The summed E-state index contributed by atoms with van der Waals surface area (Å²) >= 11 is 0. The molecule has 0 atom stereocenters. The summed E-state index contributed by atoms with van der Waals surface area (Å²) in [6.45, 7) is 21.9. The number of hydrogen-bond acceptors (Lipinski definition) is 0. The van der Waals surface area contributed by atoms with Crippen molar-refractivity contribution in [2.45, 2.75) is 48.0 Å². The zero-order valence-corrected chi connectivity index (χ0v) is 14.1. The third kappa shape index (κ3) is 1.62. The molecule has 0 radical (unpaired) electrons. The zero-order chi connectivity index (χ0) is 15.6. The van der Waals surface area contributed by atoms with Crippen LogP contribution in [0.5, 0.6) is 0 Å². The first kappa shape index (κ1) is 14.1. The van der Waals surface area contributed by atoms with E-state index < -0.39 is 0 Å². The van der Waals surface area contributed by atoms with Crippen molar-refractivity contribution in [3.63, 3.8) is 0 Å². The maximum Gasteiger partial charge on any atom is -0.000756 e. The molecular formula is C21H24. The van der Waals surface area contributed by atoms with E-state index >= 15 is 0 Å². The fraction of sp³-hybridized carbons (Fsp3) is 0.333. The van der Waals surface area contributed by atoms with Crippen LogP contribution >= 0.6 is 0 Å². The van der Waals surface area contributed by atoms with Crippen molar-refractivity contribution >= 4 is 13.2 Å². The van der Waals surface area contributed by atoms with Gasteiger partial charge >= 0.3 is 0 Å². The van der Waals surface area contributed by atoms with Crippen LogP contribution in [0.25, 0.3) is 13.2 Å². The highest BCUT2D eigenvalue weighted by atomic mass is 14.2. The van der Waals surface area contributed by atoms with Crippen molar-refractivity contribution in [2.75, 3.05) is 0 Å². The summed E-state index contributed by atoms with van der Waals surface area (Å²) in [7, 11) is 0. The highest BCUT2D eigenvalue weighted by molar-refractivity contribution is 5.54. The molecule has 0 saturated heterocycles. The molecule has 2 aromatic rings. The van der Waals surface area contributed by atoms with E-state index in [0.29, 0.717) is 0 Å². The SMILES string of the molecule is C=c1c(C)c(C)c2c(c1C)Cc1c(C)c(=C)c(C)c(C)c1=2. The minimum atomic E-state index is 1.04. The molecule has 0 amide bonds. The summed E-state index contributed by atoms with van der Waals surface area (Å²) in [6, 6.07) is 0. The van der Waals surface area contributed by atoms with Crippen LogP contribution in [0.4, 0.5) is 0 Å². The van der Waals surface area contributed by atoms with Crippen molar-refractivity contribution in [2.24, 2.45) is 0 Å². The molecule has 0 heterocycles. The Hall–Kier alpha value is -1.82. The van der Waals surface area contributed by atoms with Crippen LogP contribution in [0.15, 0.2) is 0 Å². The molecular weight excluding hydrogens is 252 g/mol. The second-order valence-electron chi connectivity index (χ2n) is 6.59. The van der Waals surface area contributed by atoms with Gasteiger partial charge in [-0.2, -0.15) is 0 Å². The summed E-state index contributed by atoms with van der Waals surface area (Å²) in [5.41, 5.74) is 11.2. The molecule has 2 aromatic carbocycles. The first-order valence-corrected chi connectivity index (χ1v) is 7.66. The van der Waals surface area contributed by atoms with Crippen molar-refractivity contribution < 1.29 is 0 Å². The van der Waals surface area contributed by atoms with E-state index in [1.165, 1.54) is 65.4 Å². The van der Waals surface area contributed by atoms with Gasteiger partial charge in [0.05, 0.1) is 0 Å². The molecule has 108 valence electrons. The highest BCUT2D eigenvalue weighted by Gasteiger charge is 2.20. The van der Waals surface area contributed by atoms with Gasteiger partial charge in [-0.05, 0) is 113 Å². The molecule has 0 nitrogen and oxygen atoms in total. The Kier molecular flexibility index (Phi) is 2.92. The number of hydrogen-bond donors (Lipinski definition) is 0. The fourth-order valence-electron chi connectivity index (χ4n) is 3.88. The lowest BCUT2D eigenvalue weighted by atomic mass is 9.95. The number of benzene rings is 2. The molecule has 1 aliphatic rings. The summed E-state index contributed by atoms with van der Waals surface area (Å²) < 4.78 is 0. The Balaban J connectivity index is 2.78. The average Bonchev–Trinajstić information content (AvgIpc) is 2.87. The molecule has 21 heavy (non-hydrogen) atoms. The minimum Gasteiger partial charge on any atom is -0.0912 e. The lowest BCUT2D eigenvalue weighted by Gasteiger charge is -2.09. The maximum atomic E-state index is 4.29. The van der Waals surface area contributed by atoms with Gasteiger partial charge in [0.2, 0.25) is 0 Å². The lowest BCUT2D eigenvalue weighted by molar-refractivity contribution is 1.11. The molecule has 3 rings (SSSR count). The predicted molar refractivity (Wildman–Crippen MR) is 92.1 cm³/mol. The molecule has 0 spiro atoms. The third-order valence-corrected chi connectivity index (χ3v) is 5.80. The second kappa shape index (κ2) is 4.34. The van der Waals surface area contributed by atoms with E-state index in [2.05, 4.69) is 54.7 Å². The van der Waals surface area contributed by atoms with E-state index in [9.17, 15) is 0 Å². The Morgan fingerprint density at radius 1 is 0.524 bits per heavy atom. The van der Waals surface area contributed by atoms with Crippen LogP contribution < -0.4 is 10.4 Å². The second-order valence-corrected chi connectivity index (χ2v) is 6.59. The topological polar surface area (TPSA) is 0 Å². The largest absolute Gasteiger partial charge is 0.0912 e. The van der Waals surface area contributed by atoms with Crippen LogP contribution in [0.2, 0.25) is 0 Å². The molecule has 0 heteroatoms. The smallest absolute Gasteiger partial charge is 0.000756 e. The molecule has 0 saturated carbocycles. The lowest BCUT2D eigenvalue weighted by Crippen LogP contribution is -2.14. The van der Waals surface area contributed by atoms with Crippen molar-refractivity contribution in [3.05, 3.63) is 65.4 Å². The molecule has 0 bridgehead atoms. The van der Waals surface area contributed by atoms with Crippen LogP contribution in [-0.4, -0.2) is 0 Å². The minimum absolute atomic E-state index is 1.04. The first-order chi connectivity index (χ1) is 9.77. The standard InChI is InChI=1S/C21H24/c1-10-12(3)16(7)20-18(14(10)5)9-19-15(6)11(2)13(4)17(8)21(19)20/h1-2,9H2,3-8H3. The van der Waals surface area contributed by atoms with Crippen LogP contribution in [0.1, 0.15) is 44.5 Å². The van der Waals surface area contributed by atoms with E-state index in [-0.39, 0.29) is 0 Å². The van der Waals surface area contributed by atoms with Gasteiger partial charge in [-0.1, -0.05) is 13.2 Å². The van der Waals surface area contributed by atoms with Crippen LogP contribution in [0.3, 0.4) is 0 Å². The summed E-state index contributed by atoms with van der Waals surface area (Å²) in [5, 5.41) is 5.36. The third-order valence-electron chi connectivity index (χ3n) is 5.80. The van der Waals surface area contributed by atoms with Gasteiger partial charge in [-0.15, -0.1) is 0 Å². The first-order valence-electron chi connectivity index (χ1n) is 7.66. The van der Waals surface area contributed by atoms with Crippen LogP contribution in [0, 0.1) is 52.0 Å². The number of fused-ring (bicyclic) bond motifs is 2. The molecule has 0 aliphatic heterocycles. The van der Waals surface area contributed by atoms with Gasteiger partial charge in [0.25, 0.3) is 0 Å². The van der Waals surface area contributed by atoms with E-state index in [1.54, 1.807) is 0 Å². The van der Waals surface area contributed by atoms with Gasteiger partial charge in [0.1, 0.15) is 0 Å². The molecule has 0 aromatic heterocycles.